The molecule has 1 atom stereocenters. The molecule has 0 radical (unpaired) electrons. The van der Waals surface area contributed by atoms with Crippen molar-refractivity contribution in [2.45, 2.75) is 25.8 Å². The lowest BCUT2D eigenvalue weighted by Crippen LogP contribution is -2.31. The first-order chi connectivity index (χ1) is 7.86. The van der Waals surface area contributed by atoms with Crippen LogP contribution in [0.1, 0.15) is 31.4 Å². The van der Waals surface area contributed by atoms with E-state index in [0.29, 0.717) is 6.04 Å². The lowest BCUT2D eigenvalue weighted by Gasteiger charge is -2.18. The Morgan fingerprint density at radius 1 is 1.44 bits per heavy atom. The molecule has 1 aromatic rings. The van der Waals surface area contributed by atoms with Crippen molar-refractivity contribution in [2.75, 3.05) is 26.2 Å². The first kappa shape index (κ1) is 11.6. The largest absolute Gasteiger partial charge is 0.309 e. The summed E-state index contributed by atoms with van der Waals surface area (Å²) in [5.74, 6) is 0. The number of hydrogen-bond donors (Lipinski definition) is 1. The van der Waals surface area contributed by atoms with E-state index in [1.165, 1.54) is 38.0 Å². The summed E-state index contributed by atoms with van der Waals surface area (Å²) in [6, 6.07) is 4.52. The highest BCUT2D eigenvalue weighted by atomic mass is 15.2. The number of rotatable bonds is 5. The van der Waals surface area contributed by atoms with Gasteiger partial charge in [0.05, 0.1) is 0 Å². The van der Waals surface area contributed by atoms with E-state index < -0.39 is 0 Å². The normalized spacial score (nSPS) is 18.8. The van der Waals surface area contributed by atoms with Crippen LogP contribution in [-0.4, -0.2) is 36.1 Å². The van der Waals surface area contributed by atoms with Gasteiger partial charge in [0.1, 0.15) is 0 Å². The van der Waals surface area contributed by atoms with Gasteiger partial charge in [-0.1, -0.05) is 6.07 Å². The molecule has 88 valence electrons. The van der Waals surface area contributed by atoms with Gasteiger partial charge in [-0.2, -0.15) is 0 Å². The van der Waals surface area contributed by atoms with Gasteiger partial charge in [0.2, 0.25) is 0 Å². The lowest BCUT2D eigenvalue weighted by atomic mass is 10.1. The number of pyridine rings is 1. The van der Waals surface area contributed by atoms with Crippen molar-refractivity contribution in [3.8, 4) is 0 Å². The molecule has 1 N–H and O–H groups in total. The Hall–Kier alpha value is -0.930. The quantitative estimate of drug-likeness (QED) is 0.819. The van der Waals surface area contributed by atoms with Gasteiger partial charge in [0.25, 0.3) is 0 Å². The van der Waals surface area contributed by atoms with Crippen LogP contribution in [0.15, 0.2) is 24.5 Å². The smallest absolute Gasteiger partial charge is 0.0315 e. The zero-order valence-corrected chi connectivity index (χ0v) is 10.0. The monoisotopic (exact) mass is 219 g/mol. The molecule has 0 saturated carbocycles. The molecule has 1 unspecified atom stereocenters. The van der Waals surface area contributed by atoms with Crippen LogP contribution < -0.4 is 5.32 Å². The van der Waals surface area contributed by atoms with Gasteiger partial charge < -0.3 is 10.2 Å². The summed E-state index contributed by atoms with van der Waals surface area (Å²) in [4.78, 5) is 6.67. The van der Waals surface area contributed by atoms with Gasteiger partial charge in [0.15, 0.2) is 0 Å². The summed E-state index contributed by atoms with van der Waals surface area (Å²) in [7, 11) is 0. The Morgan fingerprint density at radius 2 is 2.25 bits per heavy atom. The molecular formula is C13H21N3. The summed E-state index contributed by atoms with van der Waals surface area (Å²) >= 11 is 0. The highest BCUT2D eigenvalue weighted by Crippen LogP contribution is 2.10. The predicted octanol–water partition coefficient (Wildman–Crippen LogP) is 1.83. The molecule has 16 heavy (non-hydrogen) atoms. The second-order valence-electron chi connectivity index (χ2n) is 4.51. The Labute approximate surface area is 97.9 Å². The van der Waals surface area contributed by atoms with Gasteiger partial charge in [-0.3, -0.25) is 4.98 Å². The second kappa shape index (κ2) is 5.97. The lowest BCUT2D eigenvalue weighted by molar-refractivity contribution is 0.330. The van der Waals surface area contributed by atoms with Crippen molar-refractivity contribution < 1.29 is 0 Å². The van der Waals surface area contributed by atoms with Crippen LogP contribution in [-0.2, 0) is 0 Å². The molecule has 3 heteroatoms. The molecule has 0 aliphatic carbocycles. The third-order valence-electron chi connectivity index (χ3n) is 3.26. The van der Waals surface area contributed by atoms with Gasteiger partial charge in [-0.25, -0.2) is 0 Å². The summed E-state index contributed by atoms with van der Waals surface area (Å²) in [6.45, 7) is 6.99. The summed E-state index contributed by atoms with van der Waals surface area (Å²) < 4.78 is 0. The molecule has 2 heterocycles. The molecule has 1 aromatic heterocycles. The van der Waals surface area contributed by atoms with Crippen molar-refractivity contribution >= 4 is 0 Å². The maximum Gasteiger partial charge on any atom is 0.0315 e. The number of nitrogens with one attached hydrogen (secondary N) is 1. The Morgan fingerprint density at radius 3 is 2.94 bits per heavy atom. The Balaban J connectivity index is 1.69. The van der Waals surface area contributed by atoms with Gasteiger partial charge in [-0.15, -0.1) is 0 Å². The van der Waals surface area contributed by atoms with Crippen LogP contribution in [0.2, 0.25) is 0 Å². The van der Waals surface area contributed by atoms with E-state index in [4.69, 9.17) is 0 Å². The number of hydrogen-bond acceptors (Lipinski definition) is 3. The standard InChI is InChI=1S/C13H21N3/c1-12(13-5-4-6-14-11-13)15-7-10-16-8-2-3-9-16/h4-6,11-12,15H,2-3,7-10H2,1H3. The molecule has 1 aliphatic heterocycles. The van der Waals surface area contributed by atoms with Crippen LogP contribution in [0.3, 0.4) is 0 Å². The van der Waals surface area contributed by atoms with E-state index in [2.05, 4.69) is 28.2 Å². The highest BCUT2D eigenvalue weighted by molar-refractivity contribution is 5.12. The van der Waals surface area contributed by atoms with Gasteiger partial charge in [0, 0.05) is 31.5 Å². The fourth-order valence-electron chi connectivity index (χ4n) is 2.20. The van der Waals surface area contributed by atoms with Crippen LogP contribution in [0.5, 0.6) is 0 Å². The van der Waals surface area contributed by atoms with E-state index in [-0.39, 0.29) is 0 Å². The van der Waals surface area contributed by atoms with Gasteiger partial charge in [-0.05, 0) is 44.5 Å². The third-order valence-corrected chi connectivity index (χ3v) is 3.26. The first-order valence-corrected chi connectivity index (χ1v) is 6.22. The molecule has 3 nitrogen and oxygen atoms in total. The minimum absolute atomic E-state index is 0.399. The fraction of sp³-hybridized carbons (Fsp3) is 0.615. The summed E-state index contributed by atoms with van der Waals surface area (Å²) in [5.41, 5.74) is 1.27. The highest BCUT2D eigenvalue weighted by Gasteiger charge is 2.11. The molecular weight excluding hydrogens is 198 g/mol. The molecule has 0 spiro atoms. The average molecular weight is 219 g/mol. The van der Waals surface area contributed by atoms with Crippen molar-refractivity contribution in [3.05, 3.63) is 30.1 Å². The topological polar surface area (TPSA) is 28.2 Å². The Bertz CT molecular complexity index is 293. The third kappa shape index (κ3) is 3.29. The SMILES string of the molecule is CC(NCCN1CCCC1)c1cccnc1. The molecule has 2 rings (SSSR count). The number of likely N-dealkylation sites (tertiary alicyclic amines) is 1. The van der Waals surface area contributed by atoms with E-state index in [1.54, 1.807) is 0 Å². The predicted molar refractivity (Wildman–Crippen MR) is 66.3 cm³/mol. The zero-order chi connectivity index (χ0) is 11.2. The minimum atomic E-state index is 0.399. The van der Waals surface area contributed by atoms with Crippen molar-refractivity contribution in [3.63, 3.8) is 0 Å². The zero-order valence-electron chi connectivity index (χ0n) is 10.0. The molecule has 1 fully saturated rings. The van der Waals surface area contributed by atoms with Crippen LogP contribution in [0, 0.1) is 0 Å². The average Bonchev–Trinajstić information content (AvgIpc) is 2.83. The number of aromatic nitrogens is 1. The van der Waals surface area contributed by atoms with E-state index in [9.17, 15) is 0 Å². The van der Waals surface area contributed by atoms with E-state index >= 15 is 0 Å². The molecule has 1 aliphatic rings. The summed E-state index contributed by atoms with van der Waals surface area (Å²) in [6.07, 6.45) is 6.50. The molecule has 0 aromatic carbocycles. The van der Waals surface area contributed by atoms with Crippen molar-refractivity contribution in [1.29, 1.82) is 0 Å². The minimum Gasteiger partial charge on any atom is -0.309 e. The first-order valence-electron chi connectivity index (χ1n) is 6.22. The van der Waals surface area contributed by atoms with Crippen molar-refractivity contribution in [2.24, 2.45) is 0 Å². The maximum absolute atomic E-state index is 4.14. The van der Waals surface area contributed by atoms with E-state index in [0.717, 1.165) is 6.54 Å². The van der Waals surface area contributed by atoms with Crippen LogP contribution >= 0.6 is 0 Å². The van der Waals surface area contributed by atoms with Crippen LogP contribution in [0.4, 0.5) is 0 Å². The molecule has 0 bridgehead atoms. The molecule has 0 amide bonds. The van der Waals surface area contributed by atoms with Crippen LogP contribution in [0.25, 0.3) is 0 Å². The summed E-state index contributed by atoms with van der Waals surface area (Å²) in [5, 5.41) is 3.54. The van der Waals surface area contributed by atoms with Gasteiger partial charge >= 0.3 is 0 Å². The second-order valence-corrected chi connectivity index (χ2v) is 4.51. The fourth-order valence-corrected chi connectivity index (χ4v) is 2.20. The van der Waals surface area contributed by atoms with E-state index in [1.807, 2.05) is 18.5 Å². The Kier molecular flexibility index (Phi) is 4.31. The maximum atomic E-state index is 4.14. The van der Waals surface area contributed by atoms with Crippen molar-refractivity contribution in [1.82, 2.24) is 15.2 Å². The number of nitrogens with zero attached hydrogens (tertiary/aromatic N) is 2. The molecule has 1 saturated heterocycles.